The van der Waals surface area contributed by atoms with E-state index in [4.69, 9.17) is 0 Å². The highest BCUT2D eigenvalue weighted by Crippen LogP contribution is 2.34. The minimum Gasteiger partial charge on any atom is -0.322 e. The number of amides is 3. The monoisotopic (exact) mass is 457 g/mol. The van der Waals surface area contributed by atoms with Crippen molar-refractivity contribution in [1.82, 2.24) is 15.5 Å². The minimum atomic E-state index is -0.563. The van der Waals surface area contributed by atoms with E-state index in [0.29, 0.717) is 30.5 Å². The van der Waals surface area contributed by atoms with Crippen molar-refractivity contribution in [1.29, 1.82) is 0 Å². The average molecular weight is 458 g/mol. The van der Waals surface area contributed by atoms with Crippen LogP contribution in [0.15, 0.2) is 35.7 Å². The summed E-state index contributed by atoms with van der Waals surface area (Å²) in [7, 11) is 0. The molecule has 6 nitrogen and oxygen atoms in total. The van der Waals surface area contributed by atoms with Gasteiger partial charge in [-0.05, 0) is 68.5 Å². The fraction of sp³-hybridized carbons (Fsp3) is 0.560. The van der Waals surface area contributed by atoms with Crippen LogP contribution in [0.25, 0.3) is 0 Å². The van der Waals surface area contributed by atoms with Crippen molar-refractivity contribution in [2.75, 3.05) is 12.3 Å². The van der Waals surface area contributed by atoms with Crippen LogP contribution in [0.4, 0.5) is 0 Å². The van der Waals surface area contributed by atoms with E-state index < -0.39 is 6.04 Å². The molecule has 1 aromatic carbocycles. The van der Waals surface area contributed by atoms with Crippen LogP contribution in [0, 0.1) is 5.92 Å². The number of rotatable bonds is 12. The molecule has 2 aliphatic heterocycles. The number of nitrogens with one attached hydrogen (secondary N) is 2. The topological polar surface area (TPSA) is 78.5 Å². The van der Waals surface area contributed by atoms with Gasteiger partial charge in [0.2, 0.25) is 11.8 Å². The van der Waals surface area contributed by atoms with Gasteiger partial charge in [-0.2, -0.15) is 0 Å². The van der Waals surface area contributed by atoms with Gasteiger partial charge >= 0.3 is 0 Å². The second-order valence-corrected chi connectivity index (χ2v) is 9.81. The van der Waals surface area contributed by atoms with Gasteiger partial charge in [-0.3, -0.25) is 19.7 Å². The molecule has 2 heterocycles. The standard InChI is InChI=1S/C25H35N3O3S/c1-4-9-18(5-2)17(3)26-14-6-7-15-32-22-11-8-10-19-20(22)16-28(25(19)31)21-12-13-23(29)27-24(21)30/h4,8,10-11,17-18,21,26H,1,5-7,9,12-16H2,2-3H3,(H,27,29,30). The highest BCUT2D eigenvalue weighted by molar-refractivity contribution is 7.99. The molecule has 3 atom stereocenters. The van der Waals surface area contributed by atoms with E-state index in [1.54, 1.807) is 16.7 Å². The normalized spacial score (nSPS) is 20.1. The van der Waals surface area contributed by atoms with E-state index in [1.165, 1.54) is 0 Å². The Balaban J connectivity index is 1.48. The molecule has 0 radical (unpaired) electrons. The predicted molar refractivity (Wildman–Crippen MR) is 129 cm³/mol. The maximum absolute atomic E-state index is 12.9. The Morgan fingerprint density at radius 3 is 2.84 bits per heavy atom. The maximum Gasteiger partial charge on any atom is 0.255 e. The van der Waals surface area contributed by atoms with Crippen LogP contribution in [0.2, 0.25) is 0 Å². The van der Waals surface area contributed by atoms with Crippen molar-refractivity contribution in [3.8, 4) is 0 Å². The first-order valence-electron chi connectivity index (χ1n) is 11.7. The quantitative estimate of drug-likeness (QED) is 0.215. The molecule has 3 rings (SSSR count). The van der Waals surface area contributed by atoms with Crippen molar-refractivity contribution < 1.29 is 14.4 Å². The molecule has 0 aromatic heterocycles. The number of carbonyl (C=O) groups excluding carboxylic acids is 3. The number of hydrogen-bond acceptors (Lipinski definition) is 5. The molecule has 0 saturated carbocycles. The Hall–Kier alpha value is -2.12. The third kappa shape index (κ3) is 5.81. The van der Waals surface area contributed by atoms with Gasteiger partial charge in [0.1, 0.15) is 6.04 Å². The molecule has 2 N–H and O–H groups in total. The molecule has 7 heteroatoms. The lowest BCUT2D eigenvalue weighted by Crippen LogP contribution is -2.52. The van der Waals surface area contributed by atoms with E-state index in [9.17, 15) is 14.4 Å². The van der Waals surface area contributed by atoms with Gasteiger partial charge in [-0.15, -0.1) is 18.3 Å². The van der Waals surface area contributed by atoms with Gasteiger partial charge in [-0.25, -0.2) is 0 Å². The zero-order valence-corrected chi connectivity index (χ0v) is 20.0. The second-order valence-electron chi connectivity index (χ2n) is 8.67. The lowest BCUT2D eigenvalue weighted by atomic mass is 9.94. The summed E-state index contributed by atoms with van der Waals surface area (Å²) in [6, 6.07) is 5.75. The van der Waals surface area contributed by atoms with Crippen molar-refractivity contribution in [2.45, 2.75) is 75.9 Å². The minimum absolute atomic E-state index is 0.111. The number of carbonyl (C=O) groups is 3. The molecule has 1 fully saturated rings. The molecule has 1 aromatic rings. The van der Waals surface area contributed by atoms with E-state index in [-0.39, 0.29) is 24.1 Å². The van der Waals surface area contributed by atoms with Gasteiger partial charge in [-0.1, -0.05) is 25.5 Å². The van der Waals surface area contributed by atoms with Crippen molar-refractivity contribution >= 4 is 29.5 Å². The van der Waals surface area contributed by atoms with Gasteiger partial charge < -0.3 is 10.2 Å². The summed E-state index contributed by atoms with van der Waals surface area (Å²) in [6.45, 7) is 9.78. The van der Waals surface area contributed by atoms with Crippen LogP contribution in [0.3, 0.4) is 0 Å². The highest BCUT2D eigenvalue weighted by atomic mass is 32.2. The fourth-order valence-electron chi connectivity index (χ4n) is 4.54. The Bertz CT molecular complexity index is 857. The van der Waals surface area contributed by atoms with Crippen LogP contribution in [0.1, 0.15) is 68.3 Å². The largest absolute Gasteiger partial charge is 0.322 e. The molecule has 0 spiro atoms. The van der Waals surface area contributed by atoms with Gasteiger partial charge in [0.05, 0.1) is 0 Å². The summed E-state index contributed by atoms with van der Waals surface area (Å²) in [5.74, 6) is 0.889. The van der Waals surface area contributed by atoms with Crippen molar-refractivity contribution in [2.24, 2.45) is 5.92 Å². The molecule has 3 unspecified atom stereocenters. The predicted octanol–water partition coefficient (Wildman–Crippen LogP) is 3.90. The third-order valence-corrected chi connectivity index (χ3v) is 7.72. The number of allylic oxidation sites excluding steroid dienone is 1. The molecule has 0 bridgehead atoms. The van der Waals surface area contributed by atoms with E-state index in [1.807, 2.05) is 18.2 Å². The van der Waals surface area contributed by atoms with E-state index in [2.05, 4.69) is 37.1 Å². The SMILES string of the molecule is C=CCC(CC)C(C)NCCCCSc1cccc2c1CN(C1CCC(=O)NC1=O)C2=O. The summed E-state index contributed by atoms with van der Waals surface area (Å²) in [4.78, 5) is 39.4. The summed E-state index contributed by atoms with van der Waals surface area (Å²) in [5.41, 5.74) is 1.69. The summed E-state index contributed by atoms with van der Waals surface area (Å²) in [5, 5.41) is 6.00. The maximum atomic E-state index is 12.9. The van der Waals surface area contributed by atoms with Crippen LogP contribution >= 0.6 is 11.8 Å². The van der Waals surface area contributed by atoms with Crippen LogP contribution in [-0.4, -0.2) is 47.0 Å². The Morgan fingerprint density at radius 2 is 2.12 bits per heavy atom. The zero-order valence-electron chi connectivity index (χ0n) is 19.2. The van der Waals surface area contributed by atoms with E-state index >= 15 is 0 Å². The molecule has 0 aliphatic carbocycles. The van der Waals surface area contributed by atoms with Gasteiger partial charge in [0.15, 0.2) is 0 Å². The van der Waals surface area contributed by atoms with Crippen molar-refractivity contribution in [3.63, 3.8) is 0 Å². The molecule has 174 valence electrons. The van der Waals surface area contributed by atoms with Crippen LogP contribution < -0.4 is 10.6 Å². The number of thioether (sulfide) groups is 1. The Kier molecular flexibility index (Phi) is 8.93. The molecule has 1 saturated heterocycles. The Labute approximate surface area is 195 Å². The van der Waals surface area contributed by atoms with Crippen LogP contribution in [0.5, 0.6) is 0 Å². The summed E-state index contributed by atoms with van der Waals surface area (Å²) >= 11 is 1.78. The van der Waals surface area contributed by atoms with Crippen LogP contribution in [-0.2, 0) is 16.1 Å². The lowest BCUT2D eigenvalue weighted by molar-refractivity contribution is -0.136. The van der Waals surface area contributed by atoms with Gasteiger partial charge in [0, 0.05) is 29.5 Å². The molecule has 3 amide bonds. The number of benzene rings is 1. The smallest absolute Gasteiger partial charge is 0.255 e. The highest BCUT2D eigenvalue weighted by Gasteiger charge is 2.39. The molecule has 2 aliphatic rings. The van der Waals surface area contributed by atoms with E-state index in [0.717, 1.165) is 48.4 Å². The average Bonchev–Trinajstić information content (AvgIpc) is 3.11. The molecular weight excluding hydrogens is 422 g/mol. The first-order valence-corrected chi connectivity index (χ1v) is 12.7. The molecule has 32 heavy (non-hydrogen) atoms. The second kappa shape index (κ2) is 11.7. The number of unbranched alkanes of at least 4 members (excludes halogenated alkanes) is 1. The third-order valence-electron chi connectivity index (χ3n) is 6.53. The zero-order chi connectivity index (χ0) is 23.1. The number of hydrogen-bond donors (Lipinski definition) is 2. The lowest BCUT2D eigenvalue weighted by Gasteiger charge is -2.29. The fourth-order valence-corrected chi connectivity index (χ4v) is 5.63. The van der Waals surface area contributed by atoms with Crippen molar-refractivity contribution in [3.05, 3.63) is 42.0 Å². The Morgan fingerprint density at radius 1 is 1.31 bits per heavy atom. The number of nitrogens with zero attached hydrogens (tertiary/aromatic N) is 1. The first kappa shape index (κ1) is 24.5. The first-order chi connectivity index (χ1) is 15.5. The number of imide groups is 1. The summed E-state index contributed by atoms with van der Waals surface area (Å²) in [6.07, 6.45) is 7.09. The van der Waals surface area contributed by atoms with Gasteiger partial charge in [0.25, 0.3) is 5.91 Å². The molecular formula is C25H35N3O3S. The number of fused-ring (bicyclic) bond motifs is 1. The summed E-state index contributed by atoms with van der Waals surface area (Å²) < 4.78 is 0. The number of piperidine rings is 1.